The van der Waals surface area contributed by atoms with Crippen LogP contribution in [-0.2, 0) is 13.1 Å². The molecule has 1 aliphatic rings. The number of hydrogen-bond acceptors (Lipinski definition) is 4. The maximum atomic E-state index is 4.33. The van der Waals surface area contributed by atoms with Gasteiger partial charge in [0.15, 0.2) is 5.65 Å². The zero-order valence-corrected chi connectivity index (χ0v) is 12.9. The molecule has 0 amide bonds. The zero-order chi connectivity index (χ0) is 13.5. The number of nitrogens with zero attached hydrogens (tertiary/aromatic N) is 4. The summed E-state index contributed by atoms with van der Waals surface area (Å²) in [6.45, 7) is 1.76. The van der Waals surface area contributed by atoms with Crippen LogP contribution in [0.1, 0.15) is 11.1 Å². The predicted octanol–water partition coefficient (Wildman–Crippen LogP) is 3.61. The van der Waals surface area contributed by atoms with Gasteiger partial charge >= 0.3 is 0 Å². The largest absolute Gasteiger partial charge is 0.325 e. The summed E-state index contributed by atoms with van der Waals surface area (Å²) in [6.07, 6.45) is 3.63. The molecule has 20 heavy (non-hydrogen) atoms. The van der Waals surface area contributed by atoms with Crippen LogP contribution in [0, 0.1) is 0 Å². The van der Waals surface area contributed by atoms with Crippen molar-refractivity contribution in [2.45, 2.75) is 18.0 Å². The number of benzene rings is 1. The fourth-order valence-corrected chi connectivity index (χ4v) is 4.02. The Morgan fingerprint density at radius 2 is 2.20 bits per heavy atom. The Hall–Kier alpha value is -1.37. The van der Waals surface area contributed by atoms with E-state index in [9.17, 15) is 0 Å². The third-order valence-corrected chi connectivity index (χ3v) is 4.96. The third-order valence-electron chi connectivity index (χ3n) is 3.37. The van der Waals surface area contributed by atoms with Crippen LogP contribution < -0.4 is 0 Å². The third kappa shape index (κ3) is 2.13. The molecule has 0 radical (unpaired) electrons. The van der Waals surface area contributed by atoms with Crippen molar-refractivity contribution in [1.29, 1.82) is 0 Å². The molecule has 0 spiro atoms. The number of aromatic nitrogens is 3. The topological polar surface area (TPSA) is 34.0 Å². The monoisotopic (exact) mass is 346 g/mol. The number of imidazole rings is 1. The van der Waals surface area contributed by atoms with Gasteiger partial charge in [-0.3, -0.25) is 0 Å². The smallest absolute Gasteiger partial charge is 0.177 e. The van der Waals surface area contributed by atoms with Gasteiger partial charge in [-0.05, 0) is 41.3 Å². The summed E-state index contributed by atoms with van der Waals surface area (Å²) < 4.78 is 4.20. The van der Waals surface area contributed by atoms with Gasteiger partial charge in [0.05, 0.1) is 11.8 Å². The summed E-state index contributed by atoms with van der Waals surface area (Å²) in [6, 6.07) is 10.6. The van der Waals surface area contributed by atoms with E-state index in [1.807, 2.05) is 12.4 Å². The van der Waals surface area contributed by atoms with Crippen LogP contribution in [0.4, 0.5) is 0 Å². The van der Waals surface area contributed by atoms with E-state index in [0.29, 0.717) is 0 Å². The SMILES string of the molecule is BrN1Cc2ccc(Cn3cnc4ncccc43)cc2S1. The van der Waals surface area contributed by atoms with Gasteiger partial charge in [0.2, 0.25) is 0 Å². The van der Waals surface area contributed by atoms with Crippen LogP contribution in [-0.4, -0.2) is 17.9 Å². The minimum atomic E-state index is 0.801. The average molecular weight is 347 g/mol. The van der Waals surface area contributed by atoms with E-state index in [1.165, 1.54) is 16.0 Å². The second kappa shape index (κ2) is 4.87. The molecule has 1 aliphatic heterocycles. The van der Waals surface area contributed by atoms with E-state index in [4.69, 9.17) is 0 Å². The molecule has 1 aromatic carbocycles. The fourth-order valence-electron chi connectivity index (χ4n) is 2.41. The van der Waals surface area contributed by atoms with Crippen LogP contribution in [0.5, 0.6) is 0 Å². The van der Waals surface area contributed by atoms with Gasteiger partial charge in [0, 0.05) is 40.3 Å². The highest BCUT2D eigenvalue weighted by atomic mass is 79.9. The molecule has 0 bridgehead atoms. The first-order chi connectivity index (χ1) is 9.79. The van der Waals surface area contributed by atoms with E-state index in [0.717, 1.165) is 24.3 Å². The zero-order valence-electron chi connectivity index (χ0n) is 10.5. The Labute approximate surface area is 129 Å². The lowest BCUT2D eigenvalue weighted by Crippen LogP contribution is -1.98. The van der Waals surface area contributed by atoms with Gasteiger partial charge in [0.25, 0.3) is 0 Å². The molecule has 3 aromatic rings. The fraction of sp³-hybridized carbons (Fsp3) is 0.143. The molecule has 100 valence electrons. The Bertz CT molecular complexity index is 786. The van der Waals surface area contributed by atoms with Crippen LogP contribution in [0.2, 0.25) is 0 Å². The molecular formula is C14H11BrN4S. The summed E-state index contributed by atoms with van der Waals surface area (Å²) in [4.78, 5) is 9.91. The first kappa shape index (κ1) is 12.4. The highest BCUT2D eigenvalue weighted by molar-refractivity contribution is 9.09. The summed E-state index contributed by atoms with van der Waals surface area (Å²) >= 11 is 5.24. The summed E-state index contributed by atoms with van der Waals surface area (Å²) in [5.41, 5.74) is 4.52. The quantitative estimate of drug-likeness (QED) is 0.524. The van der Waals surface area contributed by atoms with Crippen molar-refractivity contribution >= 4 is 39.3 Å². The molecule has 0 saturated heterocycles. The first-order valence-electron chi connectivity index (χ1n) is 6.28. The molecule has 4 nitrogen and oxygen atoms in total. The molecule has 4 rings (SSSR count). The van der Waals surface area contributed by atoms with Gasteiger partial charge in [-0.25, -0.2) is 9.97 Å². The van der Waals surface area contributed by atoms with Gasteiger partial charge < -0.3 is 4.57 Å². The van der Waals surface area contributed by atoms with Gasteiger partial charge in [-0.1, -0.05) is 12.1 Å². The van der Waals surface area contributed by atoms with Gasteiger partial charge in [0.1, 0.15) is 0 Å². The highest BCUT2D eigenvalue weighted by Gasteiger charge is 2.18. The molecule has 0 atom stereocenters. The maximum absolute atomic E-state index is 4.33. The molecule has 0 aliphatic carbocycles. The van der Waals surface area contributed by atoms with Crippen molar-refractivity contribution in [3.8, 4) is 0 Å². The van der Waals surface area contributed by atoms with Crippen LogP contribution in [0.3, 0.4) is 0 Å². The molecule has 0 N–H and O–H groups in total. The van der Waals surface area contributed by atoms with E-state index in [-0.39, 0.29) is 0 Å². The standard InChI is InChI=1S/C14H11BrN4S/c15-19-8-11-4-3-10(6-13(11)20-19)7-18-9-17-14-12(18)2-1-5-16-14/h1-6,9H,7-8H2. The molecular weight excluding hydrogens is 336 g/mol. The van der Waals surface area contributed by atoms with Gasteiger partial charge in [-0.2, -0.15) is 3.33 Å². The van der Waals surface area contributed by atoms with Crippen molar-refractivity contribution in [3.05, 3.63) is 54.0 Å². The molecule has 6 heteroatoms. The lowest BCUT2D eigenvalue weighted by atomic mass is 10.1. The molecule has 0 fully saturated rings. The minimum absolute atomic E-state index is 0.801. The van der Waals surface area contributed by atoms with Crippen molar-refractivity contribution in [3.63, 3.8) is 0 Å². The lowest BCUT2D eigenvalue weighted by Gasteiger charge is -2.06. The van der Waals surface area contributed by atoms with Crippen molar-refractivity contribution in [2.75, 3.05) is 0 Å². The van der Waals surface area contributed by atoms with Crippen molar-refractivity contribution in [1.82, 2.24) is 17.9 Å². The van der Waals surface area contributed by atoms with Crippen molar-refractivity contribution in [2.24, 2.45) is 0 Å². The Balaban J connectivity index is 1.68. The lowest BCUT2D eigenvalue weighted by molar-refractivity contribution is 0.781. The normalized spacial score (nSPS) is 14.8. The highest BCUT2D eigenvalue weighted by Crippen LogP contribution is 2.38. The number of hydrogen-bond donors (Lipinski definition) is 0. The van der Waals surface area contributed by atoms with E-state index in [1.54, 1.807) is 18.1 Å². The minimum Gasteiger partial charge on any atom is -0.325 e. The Kier molecular flexibility index (Phi) is 3.02. The predicted molar refractivity (Wildman–Crippen MR) is 83.4 cm³/mol. The summed E-state index contributed by atoms with van der Waals surface area (Å²) in [7, 11) is 0. The number of pyridine rings is 1. The molecule has 3 heterocycles. The first-order valence-corrected chi connectivity index (χ1v) is 7.77. The Morgan fingerprint density at radius 1 is 1.25 bits per heavy atom. The molecule has 0 saturated carbocycles. The average Bonchev–Trinajstić information content (AvgIpc) is 3.02. The number of halogens is 1. The summed E-state index contributed by atoms with van der Waals surface area (Å²) in [5.74, 6) is 0. The summed E-state index contributed by atoms with van der Waals surface area (Å²) in [5, 5.41) is 0. The second-order valence-electron chi connectivity index (χ2n) is 4.73. The molecule has 2 aromatic heterocycles. The van der Waals surface area contributed by atoms with E-state index >= 15 is 0 Å². The van der Waals surface area contributed by atoms with Crippen molar-refractivity contribution < 1.29 is 0 Å². The van der Waals surface area contributed by atoms with Gasteiger partial charge in [-0.15, -0.1) is 0 Å². The van der Waals surface area contributed by atoms with Crippen LogP contribution >= 0.6 is 28.1 Å². The van der Waals surface area contributed by atoms with Crippen LogP contribution in [0.25, 0.3) is 11.2 Å². The molecule has 0 unspecified atom stereocenters. The van der Waals surface area contributed by atoms with E-state index in [2.05, 4.69) is 58.3 Å². The number of rotatable bonds is 2. The van der Waals surface area contributed by atoms with Crippen LogP contribution in [0.15, 0.2) is 47.8 Å². The second-order valence-corrected chi connectivity index (χ2v) is 7.12. The Morgan fingerprint density at radius 3 is 3.15 bits per heavy atom. The van der Waals surface area contributed by atoms with E-state index < -0.39 is 0 Å². The number of fused-ring (bicyclic) bond motifs is 2. The maximum Gasteiger partial charge on any atom is 0.177 e.